The first-order chi connectivity index (χ1) is 15.3. The van der Waals surface area contributed by atoms with Crippen LogP contribution in [0.25, 0.3) is 0 Å². The van der Waals surface area contributed by atoms with Gasteiger partial charge in [-0.3, -0.25) is 4.90 Å². The fourth-order valence-corrected chi connectivity index (χ4v) is 4.67. The Morgan fingerprint density at radius 2 is 1.77 bits per heavy atom. The molecule has 3 aromatic rings. The fraction of sp³-hybridized carbons (Fsp3) is 0.458. The molecule has 2 aliphatic rings. The summed E-state index contributed by atoms with van der Waals surface area (Å²) in [6.07, 6.45) is 2.39. The van der Waals surface area contributed by atoms with Crippen LogP contribution in [0.1, 0.15) is 35.8 Å². The minimum absolute atomic E-state index is 0.0370. The molecule has 0 saturated carbocycles. The number of benzene rings is 2. The van der Waals surface area contributed by atoms with Gasteiger partial charge in [-0.2, -0.15) is 0 Å². The van der Waals surface area contributed by atoms with Crippen molar-refractivity contribution < 1.29 is 4.74 Å². The molecule has 2 aliphatic heterocycles. The lowest BCUT2D eigenvalue weighted by molar-refractivity contribution is 0.0906. The minimum atomic E-state index is 0.0370. The van der Waals surface area contributed by atoms with Crippen molar-refractivity contribution in [2.75, 3.05) is 37.7 Å². The van der Waals surface area contributed by atoms with Gasteiger partial charge in [-0.1, -0.05) is 48.0 Å². The number of aryl methyl sites for hydroxylation is 1. The van der Waals surface area contributed by atoms with Crippen molar-refractivity contribution in [1.82, 2.24) is 25.1 Å². The predicted molar refractivity (Wildman–Crippen MR) is 120 cm³/mol. The summed E-state index contributed by atoms with van der Waals surface area (Å²) in [7, 11) is 0. The van der Waals surface area contributed by atoms with Gasteiger partial charge >= 0.3 is 0 Å². The Balaban J connectivity index is 1.40. The molecule has 5 rings (SSSR count). The number of tetrazole rings is 1. The lowest BCUT2D eigenvalue weighted by atomic mass is 10.0. The SMILES string of the molecule is Cc1ccc([C@H](c2nnnn2C[C@@H]2CCCO2)N2CCN(c3ccccc3)CC2)cc1. The van der Waals surface area contributed by atoms with Crippen molar-refractivity contribution >= 4 is 5.69 Å². The van der Waals surface area contributed by atoms with E-state index >= 15 is 0 Å². The number of hydrogen-bond donors (Lipinski definition) is 0. The Morgan fingerprint density at radius 1 is 1.00 bits per heavy atom. The maximum atomic E-state index is 5.85. The van der Waals surface area contributed by atoms with Gasteiger partial charge in [0.2, 0.25) is 0 Å². The molecule has 2 fully saturated rings. The van der Waals surface area contributed by atoms with E-state index in [0.717, 1.165) is 51.5 Å². The fourth-order valence-electron chi connectivity index (χ4n) is 4.67. The highest BCUT2D eigenvalue weighted by Crippen LogP contribution is 2.30. The van der Waals surface area contributed by atoms with Gasteiger partial charge in [0.05, 0.1) is 18.7 Å². The Kier molecular flexibility index (Phi) is 5.95. The third-order valence-corrected chi connectivity index (χ3v) is 6.40. The summed E-state index contributed by atoms with van der Waals surface area (Å²) in [6.45, 7) is 7.57. The standard InChI is InChI=1S/C24H30N6O/c1-19-9-11-20(12-10-19)23(24-25-26-27-30(24)18-22-8-5-17-31-22)29-15-13-28(14-16-29)21-6-3-2-4-7-21/h2-4,6-7,9-12,22-23H,5,8,13-18H2,1H3/t22-,23+/m0/s1. The molecule has 1 aromatic heterocycles. The number of piperazine rings is 1. The van der Waals surface area contributed by atoms with Crippen LogP contribution < -0.4 is 4.90 Å². The normalized spacial score (nSPS) is 20.8. The van der Waals surface area contributed by atoms with Crippen LogP contribution in [0.3, 0.4) is 0 Å². The quantitative estimate of drug-likeness (QED) is 0.613. The molecule has 2 atom stereocenters. The third kappa shape index (κ3) is 4.48. The summed E-state index contributed by atoms with van der Waals surface area (Å²) in [5, 5.41) is 12.9. The second-order valence-electron chi connectivity index (χ2n) is 8.53. The van der Waals surface area contributed by atoms with Crippen LogP contribution in [0, 0.1) is 6.92 Å². The first kappa shape index (κ1) is 20.2. The highest BCUT2D eigenvalue weighted by Gasteiger charge is 2.31. The summed E-state index contributed by atoms with van der Waals surface area (Å²) in [5.74, 6) is 0.910. The molecule has 31 heavy (non-hydrogen) atoms. The van der Waals surface area contributed by atoms with Gasteiger partial charge in [-0.25, -0.2) is 4.68 Å². The highest BCUT2D eigenvalue weighted by atomic mass is 16.5. The number of aromatic nitrogens is 4. The molecule has 2 aromatic carbocycles. The Bertz CT molecular complexity index is 959. The zero-order chi connectivity index (χ0) is 21.0. The molecule has 0 spiro atoms. The number of anilines is 1. The van der Waals surface area contributed by atoms with E-state index in [1.54, 1.807) is 0 Å². The van der Waals surface area contributed by atoms with E-state index in [1.807, 2.05) is 4.68 Å². The molecule has 0 amide bonds. The van der Waals surface area contributed by atoms with Gasteiger partial charge in [-0.15, -0.1) is 5.10 Å². The van der Waals surface area contributed by atoms with Crippen LogP contribution in [0.2, 0.25) is 0 Å². The van der Waals surface area contributed by atoms with Gasteiger partial charge in [0.1, 0.15) is 0 Å². The topological polar surface area (TPSA) is 59.3 Å². The zero-order valence-corrected chi connectivity index (χ0v) is 18.1. The minimum Gasteiger partial charge on any atom is -0.376 e. The summed E-state index contributed by atoms with van der Waals surface area (Å²) < 4.78 is 7.82. The molecular formula is C24H30N6O. The van der Waals surface area contributed by atoms with Crippen LogP contribution in [0.5, 0.6) is 0 Å². The van der Waals surface area contributed by atoms with Gasteiger partial charge in [-0.05, 0) is 47.9 Å². The molecule has 0 aliphatic carbocycles. The maximum absolute atomic E-state index is 5.85. The van der Waals surface area contributed by atoms with E-state index in [4.69, 9.17) is 4.74 Å². The average Bonchev–Trinajstić information content (AvgIpc) is 3.49. The van der Waals surface area contributed by atoms with Crippen molar-refractivity contribution in [3.05, 3.63) is 71.5 Å². The summed E-state index contributed by atoms with van der Waals surface area (Å²) in [6, 6.07) is 19.5. The van der Waals surface area contributed by atoms with Gasteiger partial charge in [0.15, 0.2) is 5.82 Å². The molecule has 7 heteroatoms. The van der Waals surface area contributed by atoms with Crippen molar-refractivity contribution in [3.63, 3.8) is 0 Å². The number of nitrogens with zero attached hydrogens (tertiary/aromatic N) is 6. The number of para-hydroxylation sites is 1. The Hall–Kier alpha value is -2.77. The van der Waals surface area contributed by atoms with Gasteiger partial charge in [0, 0.05) is 38.5 Å². The molecule has 7 nitrogen and oxygen atoms in total. The highest BCUT2D eigenvalue weighted by molar-refractivity contribution is 5.46. The maximum Gasteiger partial charge on any atom is 0.173 e. The Labute approximate surface area is 183 Å². The largest absolute Gasteiger partial charge is 0.376 e. The van der Waals surface area contributed by atoms with Crippen LogP contribution in [-0.2, 0) is 11.3 Å². The van der Waals surface area contributed by atoms with Crippen molar-refractivity contribution in [1.29, 1.82) is 0 Å². The molecule has 162 valence electrons. The lowest BCUT2D eigenvalue weighted by Crippen LogP contribution is -2.48. The Morgan fingerprint density at radius 3 is 2.48 bits per heavy atom. The van der Waals surface area contributed by atoms with Crippen molar-refractivity contribution in [2.24, 2.45) is 0 Å². The molecule has 0 radical (unpaired) electrons. The van der Waals surface area contributed by atoms with E-state index in [9.17, 15) is 0 Å². The van der Waals surface area contributed by atoms with Gasteiger partial charge < -0.3 is 9.64 Å². The second-order valence-corrected chi connectivity index (χ2v) is 8.53. The molecule has 2 saturated heterocycles. The molecule has 0 unspecified atom stereocenters. The van der Waals surface area contributed by atoms with Gasteiger partial charge in [0.25, 0.3) is 0 Å². The van der Waals surface area contributed by atoms with Crippen LogP contribution in [-0.4, -0.2) is 64.0 Å². The van der Waals surface area contributed by atoms with Crippen LogP contribution in [0.4, 0.5) is 5.69 Å². The third-order valence-electron chi connectivity index (χ3n) is 6.40. The van der Waals surface area contributed by atoms with E-state index < -0.39 is 0 Å². The molecule has 0 bridgehead atoms. The van der Waals surface area contributed by atoms with Crippen LogP contribution >= 0.6 is 0 Å². The first-order valence-electron chi connectivity index (χ1n) is 11.3. The zero-order valence-electron chi connectivity index (χ0n) is 18.1. The van der Waals surface area contributed by atoms with E-state index in [-0.39, 0.29) is 12.1 Å². The number of rotatable bonds is 6. The molecular weight excluding hydrogens is 388 g/mol. The molecule has 3 heterocycles. The van der Waals surface area contributed by atoms with E-state index in [0.29, 0.717) is 6.54 Å². The van der Waals surface area contributed by atoms with E-state index in [1.165, 1.54) is 16.8 Å². The summed E-state index contributed by atoms with van der Waals surface area (Å²) in [4.78, 5) is 4.97. The second kappa shape index (κ2) is 9.16. The lowest BCUT2D eigenvalue weighted by Gasteiger charge is -2.40. The first-order valence-corrected chi connectivity index (χ1v) is 11.3. The van der Waals surface area contributed by atoms with Crippen molar-refractivity contribution in [3.8, 4) is 0 Å². The van der Waals surface area contributed by atoms with Crippen LogP contribution in [0.15, 0.2) is 54.6 Å². The molecule has 0 N–H and O–H groups in total. The predicted octanol–water partition coefficient (Wildman–Crippen LogP) is 3.07. The smallest absolute Gasteiger partial charge is 0.173 e. The average molecular weight is 419 g/mol. The van der Waals surface area contributed by atoms with E-state index in [2.05, 4.69) is 86.8 Å². The monoisotopic (exact) mass is 418 g/mol. The number of ether oxygens (including phenoxy) is 1. The summed E-state index contributed by atoms with van der Waals surface area (Å²) >= 11 is 0. The van der Waals surface area contributed by atoms with Crippen molar-refractivity contribution in [2.45, 2.75) is 38.5 Å². The summed E-state index contributed by atoms with van der Waals surface area (Å²) in [5.41, 5.74) is 3.79. The number of hydrogen-bond acceptors (Lipinski definition) is 6.